The predicted octanol–water partition coefficient (Wildman–Crippen LogP) is -1.36. The standard InChI is InChI=1S/C8H12N6OS/c9-5-6(10)14(8(16)12-7(5)15)3-4-1-2-11-13-4/h1-2,8,16H,3,9-10H2,(H,11,13)(H,12,15). The molecule has 2 rings (SSSR count). The summed E-state index contributed by atoms with van der Waals surface area (Å²) < 4.78 is 0. The van der Waals surface area contributed by atoms with Crippen LogP contribution in [-0.4, -0.2) is 26.5 Å². The van der Waals surface area contributed by atoms with E-state index in [0.717, 1.165) is 5.69 Å². The van der Waals surface area contributed by atoms with Crippen LogP contribution >= 0.6 is 12.6 Å². The molecule has 0 fully saturated rings. The molecule has 16 heavy (non-hydrogen) atoms. The third-order valence-corrected chi connectivity index (χ3v) is 2.69. The molecule has 8 heteroatoms. The number of amides is 1. The van der Waals surface area contributed by atoms with Crippen molar-refractivity contribution in [1.82, 2.24) is 20.4 Å². The number of aromatic nitrogens is 2. The number of aromatic amines is 1. The van der Waals surface area contributed by atoms with Gasteiger partial charge in [0.15, 0.2) is 0 Å². The Morgan fingerprint density at radius 2 is 2.31 bits per heavy atom. The average Bonchev–Trinajstić information content (AvgIpc) is 2.74. The van der Waals surface area contributed by atoms with Crippen LogP contribution in [0, 0.1) is 0 Å². The van der Waals surface area contributed by atoms with Gasteiger partial charge in [-0.2, -0.15) is 5.10 Å². The Hall–Kier alpha value is -1.83. The summed E-state index contributed by atoms with van der Waals surface area (Å²) in [6.45, 7) is 0.445. The molecule has 6 N–H and O–H groups in total. The number of rotatable bonds is 2. The van der Waals surface area contributed by atoms with Crippen LogP contribution in [0.25, 0.3) is 0 Å². The second-order valence-electron chi connectivity index (χ2n) is 3.36. The first-order chi connectivity index (χ1) is 7.59. The molecule has 0 radical (unpaired) electrons. The summed E-state index contributed by atoms with van der Waals surface area (Å²) in [5.41, 5.74) is 11.7. The number of nitrogens with two attached hydrogens (primary N) is 2. The lowest BCUT2D eigenvalue weighted by molar-refractivity contribution is -0.119. The fourth-order valence-electron chi connectivity index (χ4n) is 1.40. The van der Waals surface area contributed by atoms with Gasteiger partial charge in [-0.15, -0.1) is 12.6 Å². The number of carbonyl (C=O) groups excluding carboxylic acids is 1. The molecular weight excluding hydrogens is 228 g/mol. The lowest BCUT2D eigenvalue weighted by Crippen LogP contribution is -2.53. The quantitative estimate of drug-likeness (QED) is 0.410. The highest BCUT2D eigenvalue weighted by molar-refractivity contribution is 7.80. The van der Waals surface area contributed by atoms with Crippen molar-refractivity contribution in [3.63, 3.8) is 0 Å². The van der Waals surface area contributed by atoms with Crippen LogP contribution in [-0.2, 0) is 11.3 Å². The number of carbonyl (C=O) groups is 1. The smallest absolute Gasteiger partial charge is 0.273 e. The summed E-state index contributed by atoms with van der Waals surface area (Å²) in [4.78, 5) is 13.0. The van der Waals surface area contributed by atoms with E-state index in [1.54, 1.807) is 17.2 Å². The van der Waals surface area contributed by atoms with Crippen molar-refractivity contribution < 1.29 is 4.79 Å². The lowest BCUT2D eigenvalue weighted by atomic mass is 10.3. The Morgan fingerprint density at radius 3 is 2.94 bits per heavy atom. The van der Waals surface area contributed by atoms with Crippen LogP contribution < -0.4 is 16.8 Å². The molecule has 1 atom stereocenters. The number of hydrogen-bond donors (Lipinski definition) is 5. The van der Waals surface area contributed by atoms with Crippen molar-refractivity contribution in [3.8, 4) is 0 Å². The summed E-state index contributed by atoms with van der Waals surface area (Å²) in [6, 6.07) is 1.81. The van der Waals surface area contributed by atoms with Crippen molar-refractivity contribution in [2.75, 3.05) is 0 Å². The molecule has 0 saturated carbocycles. The molecule has 1 unspecified atom stereocenters. The molecule has 0 bridgehead atoms. The molecule has 1 aromatic heterocycles. The van der Waals surface area contributed by atoms with E-state index >= 15 is 0 Å². The minimum atomic E-state index is -0.497. The van der Waals surface area contributed by atoms with E-state index in [-0.39, 0.29) is 11.5 Å². The monoisotopic (exact) mass is 240 g/mol. The molecule has 1 aromatic rings. The first-order valence-electron chi connectivity index (χ1n) is 4.58. The summed E-state index contributed by atoms with van der Waals surface area (Å²) >= 11 is 4.22. The first kappa shape index (κ1) is 10.7. The maximum Gasteiger partial charge on any atom is 0.273 e. The van der Waals surface area contributed by atoms with Crippen LogP contribution in [0.3, 0.4) is 0 Å². The van der Waals surface area contributed by atoms with Crippen molar-refractivity contribution in [1.29, 1.82) is 0 Å². The second kappa shape index (κ2) is 3.97. The van der Waals surface area contributed by atoms with E-state index in [9.17, 15) is 4.79 Å². The Labute approximate surface area is 97.3 Å². The van der Waals surface area contributed by atoms with Gasteiger partial charge in [-0.1, -0.05) is 0 Å². The van der Waals surface area contributed by atoms with Gasteiger partial charge in [0.2, 0.25) is 0 Å². The van der Waals surface area contributed by atoms with Crippen molar-refractivity contribution >= 4 is 18.5 Å². The fourth-order valence-corrected chi connectivity index (χ4v) is 1.73. The summed E-state index contributed by atoms with van der Waals surface area (Å²) in [7, 11) is 0. The van der Waals surface area contributed by atoms with E-state index in [4.69, 9.17) is 11.5 Å². The molecule has 2 heterocycles. The number of H-pyrrole nitrogens is 1. The van der Waals surface area contributed by atoms with Crippen LogP contribution in [0.1, 0.15) is 5.69 Å². The molecular formula is C8H12N6OS. The minimum Gasteiger partial charge on any atom is -0.391 e. The number of hydrogen-bond acceptors (Lipinski definition) is 6. The molecule has 0 spiro atoms. The molecule has 0 saturated heterocycles. The molecule has 1 aliphatic heterocycles. The largest absolute Gasteiger partial charge is 0.391 e. The van der Waals surface area contributed by atoms with Gasteiger partial charge in [0.25, 0.3) is 5.91 Å². The molecule has 0 aliphatic carbocycles. The van der Waals surface area contributed by atoms with E-state index in [1.807, 2.05) is 0 Å². The molecule has 7 nitrogen and oxygen atoms in total. The lowest BCUT2D eigenvalue weighted by Gasteiger charge is -2.34. The maximum atomic E-state index is 11.3. The zero-order valence-electron chi connectivity index (χ0n) is 8.34. The Balaban J connectivity index is 2.23. The average molecular weight is 240 g/mol. The van der Waals surface area contributed by atoms with E-state index in [1.165, 1.54) is 0 Å². The van der Waals surface area contributed by atoms with Crippen LogP contribution in [0.15, 0.2) is 23.8 Å². The second-order valence-corrected chi connectivity index (χ2v) is 3.84. The number of nitrogens with one attached hydrogen (secondary N) is 2. The van der Waals surface area contributed by atoms with Gasteiger partial charge < -0.3 is 21.7 Å². The van der Waals surface area contributed by atoms with Crippen molar-refractivity contribution in [2.45, 2.75) is 12.0 Å². The van der Waals surface area contributed by atoms with Gasteiger partial charge in [0, 0.05) is 6.20 Å². The maximum absolute atomic E-state index is 11.3. The number of thiol groups is 1. The van der Waals surface area contributed by atoms with Crippen molar-refractivity contribution in [2.24, 2.45) is 11.5 Å². The Morgan fingerprint density at radius 1 is 1.56 bits per heavy atom. The van der Waals surface area contributed by atoms with E-state index in [0.29, 0.717) is 6.54 Å². The first-order valence-corrected chi connectivity index (χ1v) is 5.10. The highest BCUT2D eigenvalue weighted by Crippen LogP contribution is 2.16. The van der Waals surface area contributed by atoms with Gasteiger partial charge in [0.1, 0.15) is 17.0 Å². The molecule has 1 amide bonds. The zero-order chi connectivity index (χ0) is 11.7. The SMILES string of the molecule is NC1=C(N)N(Cc2ccn[nH]2)C(S)NC1=O. The third-order valence-electron chi connectivity index (χ3n) is 2.28. The fraction of sp³-hybridized carbons (Fsp3) is 0.250. The molecule has 1 aliphatic rings. The summed E-state index contributed by atoms with van der Waals surface area (Å²) in [6.07, 6.45) is 1.63. The van der Waals surface area contributed by atoms with E-state index < -0.39 is 11.4 Å². The summed E-state index contributed by atoms with van der Waals surface area (Å²) in [5, 5.41) is 9.19. The third kappa shape index (κ3) is 1.78. The normalized spacial score (nSPS) is 21.2. The highest BCUT2D eigenvalue weighted by atomic mass is 32.1. The minimum absolute atomic E-state index is 0.00446. The van der Waals surface area contributed by atoms with Crippen LogP contribution in [0.4, 0.5) is 0 Å². The van der Waals surface area contributed by atoms with Gasteiger partial charge in [-0.05, 0) is 6.07 Å². The Kier molecular flexibility index (Phi) is 2.65. The van der Waals surface area contributed by atoms with Gasteiger partial charge in [-0.3, -0.25) is 9.89 Å². The number of nitrogens with zero attached hydrogens (tertiary/aromatic N) is 2. The van der Waals surface area contributed by atoms with E-state index in [2.05, 4.69) is 28.1 Å². The zero-order valence-corrected chi connectivity index (χ0v) is 9.24. The van der Waals surface area contributed by atoms with Gasteiger partial charge in [0.05, 0.1) is 12.2 Å². The van der Waals surface area contributed by atoms with Gasteiger partial charge in [-0.25, -0.2) is 0 Å². The molecule has 0 aromatic carbocycles. The van der Waals surface area contributed by atoms with Crippen molar-refractivity contribution in [3.05, 3.63) is 29.5 Å². The highest BCUT2D eigenvalue weighted by Gasteiger charge is 2.28. The molecule has 86 valence electrons. The van der Waals surface area contributed by atoms with Crippen LogP contribution in [0.2, 0.25) is 0 Å². The van der Waals surface area contributed by atoms with Crippen LogP contribution in [0.5, 0.6) is 0 Å². The predicted molar refractivity (Wildman–Crippen MR) is 60.4 cm³/mol. The summed E-state index contributed by atoms with van der Waals surface area (Å²) in [5.74, 6) is -0.184. The van der Waals surface area contributed by atoms with Gasteiger partial charge >= 0.3 is 0 Å². The Bertz CT molecular complexity index is 428. The topological polar surface area (TPSA) is 113 Å².